The molecule has 0 radical (unpaired) electrons. The van der Waals surface area contributed by atoms with Crippen molar-refractivity contribution in [3.8, 4) is 11.5 Å². The molecule has 0 saturated carbocycles. The molecule has 1 N–H and O–H groups in total. The molecule has 1 heterocycles. The van der Waals surface area contributed by atoms with Gasteiger partial charge < -0.3 is 14.7 Å². The number of carboxylic acid groups (broad SMARTS) is 1. The Kier molecular flexibility index (Phi) is 4.51. The van der Waals surface area contributed by atoms with E-state index in [1.54, 1.807) is 4.90 Å². The summed E-state index contributed by atoms with van der Waals surface area (Å²) in [5, 5.41) is 8.91. The Morgan fingerprint density at radius 3 is 2.08 bits per heavy atom. The minimum absolute atomic E-state index is 0.0634. The van der Waals surface area contributed by atoms with Gasteiger partial charge in [0.2, 0.25) is 5.91 Å². The van der Waals surface area contributed by atoms with Crippen LogP contribution in [0.4, 0.5) is 0 Å². The van der Waals surface area contributed by atoms with E-state index in [4.69, 9.17) is 9.84 Å². The number of carboxylic acids is 1. The van der Waals surface area contributed by atoms with Gasteiger partial charge >= 0.3 is 5.97 Å². The molecule has 124 valence electrons. The van der Waals surface area contributed by atoms with Crippen molar-refractivity contribution < 1.29 is 19.4 Å². The van der Waals surface area contributed by atoms with Crippen molar-refractivity contribution in [1.29, 1.82) is 0 Å². The Hall–Kier alpha value is -2.82. The zero-order valence-electron chi connectivity index (χ0n) is 13.4. The van der Waals surface area contributed by atoms with Gasteiger partial charge in [0.15, 0.2) is 0 Å². The zero-order valence-corrected chi connectivity index (χ0v) is 13.4. The molecular weight excluding hydrogens is 306 g/mol. The number of benzene rings is 2. The van der Waals surface area contributed by atoms with Crippen molar-refractivity contribution in [2.24, 2.45) is 0 Å². The van der Waals surface area contributed by atoms with Crippen LogP contribution in [0.1, 0.15) is 30.4 Å². The molecule has 0 fully saturated rings. The molecule has 0 saturated heterocycles. The minimum atomic E-state index is -0.908. The smallest absolute Gasteiger partial charge is 0.305 e. The van der Waals surface area contributed by atoms with Gasteiger partial charge in [0.25, 0.3) is 0 Å². The van der Waals surface area contributed by atoms with Gasteiger partial charge in [0.1, 0.15) is 11.5 Å². The number of aliphatic carboxylic acids is 1. The largest absolute Gasteiger partial charge is 0.481 e. The molecule has 1 aliphatic heterocycles. The third-order valence-electron chi connectivity index (χ3n) is 4.22. The third-order valence-corrected chi connectivity index (χ3v) is 4.22. The van der Waals surface area contributed by atoms with Crippen molar-refractivity contribution >= 4 is 11.9 Å². The lowest BCUT2D eigenvalue weighted by Crippen LogP contribution is -2.37. The molecular formula is C19H19NO4. The van der Waals surface area contributed by atoms with E-state index in [0.29, 0.717) is 18.0 Å². The first-order chi connectivity index (χ1) is 11.6. The molecule has 24 heavy (non-hydrogen) atoms. The Labute approximate surface area is 140 Å². The maximum Gasteiger partial charge on any atom is 0.305 e. The molecule has 0 bridgehead atoms. The number of fused-ring (bicyclic) bond motifs is 2. The van der Waals surface area contributed by atoms with Crippen LogP contribution >= 0.6 is 0 Å². The second kappa shape index (κ2) is 6.74. The lowest BCUT2D eigenvalue weighted by molar-refractivity contribution is -0.138. The molecule has 1 amide bonds. The van der Waals surface area contributed by atoms with Crippen molar-refractivity contribution in [1.82, 2.24) is 4.90 Å². The van der Waals surface area contributed by atoms with Crippen LogP contribution in [0.5, 0.6) is 11.5 Å². The molecule has 0 unspecified atom stereocenters. The molecule has 1 aliphatic rings. The van der Waals surface area contributed by atoms with Crippen LogP contribution in [0.15, 0.2) is 48.5 Å². The van der Waals surface area contributed by atoms with Crippen LogP contribution < -0.4 is 4.74 Å². The number of rotatable bonds is 5. The van der Waals surface area contributed by atoms with Crippen molar-refractivity contribution in [2.75, 3.05) is 13.1 Å². The topological polar surface area (TPSA) is 66.8 Å². The second-order valence-electron chi connectivity index (χ2n) is 5.67. The molecule has 2 aromatic rings. The van der Waals surface area contributed by atoms with E-state index in [1.165, 1.54) is 0 Å². The van der Waals surface area contributed by atoms with E-state index < -0.39 is 11.9 Å². The predicted molar refractivity (Wildman–Crippen MR) is 89.3 cm³/mol. The highest BCUT2D eigenvalue weighted by Gasteiger charge is 2.34. The van der Waals surface area contributed by atoms with Gasteiger partial charge in [0, 0.05) is 24.2 Å². The van der Waals surface area contributed by atoms with Crippen molar-refractivity contribution in [3.63, 3.8) is 0 Å². The van der Waals surface area contributed by atoms with E-state index in [1.807, 2.05) is 55.5 Å². The first-order valence-corrected chi connectivity index (χ1v) is 7.98. The van der Waals surface area contributed by atoms with Gasteiger partial charge in [0.05, 0.1) is 12.3 Å². The number of hydrogen-bond acceptors (Lipinski definition) is 3. The molecule has 3 rings (SSSR count). The summed E-state index contributed by atoms with van der Waals surface area (Å²) in [7, 11) is 0. The fraction of sp³-hybridized carbons (Fsp3) is 0.263. The Morgan fingerprint density at radius 2 is 1.58 bits per heavy atom. The Balaban J connectivity index is 1.99. The third kappa shape index (κ3) is 2.97. The molecule has 2 aromatic carbocycles. The first-order valence-electron chi connectivity index (χ1n) is 7.98. The number of amides is 1. The number of carbonyl (C=O) groups excluding carboxylic acids is 1. The van der Waals surface area contributed by atoms with Crippen LogP contribution in [0.3, 0.4) is 0 Å². The normalized spacial score (nSPS) is 12.7. The summed E-state index contributed by atoms with van der Waals surface area (Å²) in [5.74, 6) is -0.136. The maximum absolute atomic E-state index is 13.1. The number of hydrogen-bond donors (Lipinski definition) is 1. The highest BCUT2D eigenvalue weighted by atomic mass is 16.5. The number of nitrogens with zero attached hydrogens (tertiary/aromatic N) is 1. The highest BCUT2D eigenvalue weighted by Crippen LogP contribution is 2.44. The molecule has 5 nitrogen and oxygen atoms in total. The standard InChI is InChI=1S/C19H19NO4/c1-2-20(12-11-17(21)22)19(23)18-13-7-3-5-9-15(13)24-16-10-6-4-8-14(16)18/h3-10,18H,2,11-12H2,1H3,(H,21,22). The Bertz CT molecular complexity index is 726. The Morgan fingerprint density at radius 1 is 1.04 bits per heavy atom. The molecule has 0 atom stereocenters. The van der Waals surface area contributed by atoms with Gasteiger partial charge in [-0.1, -0.05) is 36.4 Å². The lowest BCUT2D eigenvalue weighted by atomic mass is 9.86. The fourth-order valence-electron chi connectivity index (χ4n) is 3.01. The van der Waals surface area contributed by atoms with E-state index in [-0.39, 0.29) is 18.9 Å². The number of para-hydroxylation sites is 2. The monoisotopic (exact) mass is 325 g/mol. The first kappa shape index (κ1) is 16.1. The summed E-state index contributed by atoms with van der Waals surface area (Å²) in [6, 6.07) is 15.0. The van der Waals surface area contributed by atoms with Crippen LogP contribution in [0, 0.1) is 0 Å². The summed E-state index contributed by atoms with van der Waals surface area (Å²) in [4.78, 5) is 25.6. The summed E-state index contributed by atoms with van der Waals surface area (Å²) >= 11 is 0. The van der Waals surface area contributed by atoms with Crippen LogP contribution in [0.2, 0.25) is 0 Å². The van der Waals surface area contributed by atoms with Gasteiger partial charge in [-0.3, -0.25) is 9.59 Å². The summed E-state index contributed by atoms with van der Waals surface area (Å²) in [6.45, 7) is 2.52. The SMILES string of the molecule is CCN(CCC(=O)O)C(=O)C1c2ccccc2Oc2ccccc21. The molecule has 5 heteroatoms. The van der Waals surface area contributed by atoms with Crippen molar-refractivity contribution in [2.45, 2.75) is 19.3 Å². The highest BCUT2D eigenvalue weighted by molar-refractivity contribution is 5.90. The van der Waals surface area contributed by atoms with Crippen LogP contribution in [-0.4, -0.2) is 35.0 Å². The average Bonchev–Trinajstić information content (AvgIpc) is 2.59. The van der Waals surface area contributed by atoms with Gasteiger partial charge in [-0.05, 0) is 19.1 Å². The second-order valence-corrected chi connectivity index (χ2v) is 5.67. The fourth-order valence-corrected chi connectivity index (χ4v) is 3.01. The van der Waals surface area contributed by atoms with E-state index >= 15 is 0 Å². The van der Waals surface area contributed by atoms with Gasteiger partial charge in [-0.25, -0.2) is 0 Å². The number of ether oxygens (including phenoxy) is 1. The summed E-state index contributed by atoms with van der Waals surface area (Å²) < 4.78 is 5.90. The van der Waals surface area contributed by atoms with Crippen LogP contribution in [0.25, 0.3) is 0 Å². The average molecular weight is 325 g/mol. The van der Waals surface area contributed by atoms with E-state index in [2.05, 4.69) is 0 Å². The van der Waals surface area contributed by atoms with Crippen molar-refractivity contribution in [3.05, 3.63) is 59.7 Å². The lowest BCUT2D eigenvalue weighted by Gasteiger charge is -2.31. The van der Waals surface area contributed by atoms with Gasteiger partial charge in [-0.15, -0.1) is 0 Å². The predicted octanol–water partition coefficient (Wildman–Crippen LogP) is 3.25. The number of carbonyl (C=O) groups is 2. The van der Waals surface area contributed by atoms with E-state index in [9.17, 15) is 9.59 Å². The summed E-state index contributed by atoms with van der Waals surface area (Å²) in [6.07, 6.45) is -0.0634. The van der Waals surface area contributed by atoms with Crippen LogP contribution in [-0.2, 0) is 9.59 Å². The zero-order chi connectivity index (χ0) is 17.1. The van der Waals surface area contributed by atoms with Gasteiger partial charge in [-0.2, -0.15) is 0 Å². The minimum Gasteiger partial charge on any atom is -0.481 e. The number of likely N-dealkylation sites (N-methyl/N-ethyl adjacent to an activating group) is 1. The maximum atomic E-state index is 13.1. The summed E-state index contributed by atoms with van der Waals surface area (Å²) in [5.41, 5.74) is 1.63. The van der Waals surface area contributed by atoms with E-state index in [0.717, 1.165) is 11.1 Å². The quantitative estimate of drug-likeness (QED) is 0.916. The molecule has 0 aliphatic carbocycles. The molecule has 0 aromatic heterocycles. The molecule has 0 spiro atoms.